The van der Waals surface area contributed by atoms with Gasteiger partial charge in [-0.1, -0.05) is 71.0 Å². The zero-order valence-corrected chi connectivity index (χ0v) is 20.2. The van der Waals surface area contributed by atoms with Gasteiger partial charge in [-0.05, 0) is 57.9 Å². The maximum Gasteiger partial charge on any atom is 0.256 e. The van der Waals surface area contributed by atoms with Gasteiger partial charge in [0, 0.05) is 16.8 Å². The third-order valence-corrected chi connectivity index (χ3v) is 6.83. The van der Waals surface area contributed by atoms with Gasteiger partial charge in [-0.25, -0.2) is 0 Å². The summed E-state index contributed by atoms with van der Waals surface area (Å²) in [6.45, 7) is 13.6. The summed E-state index contributed by atoms with van der Waals surface area (Å²) in [5.41, 5.74) is 8.30. The number of nitrogens with zero attached hydrogens (tertiary/aromatic N) is 1. The van der Waals surface area contributed by atoms with Crippen molar-refractivity contribution in [2.75, 3.05) is 0 Å². The number of furan rings is 1. The van der Waals surface area contributed by atoms with E-state index in [2.05, 4.69) is 114 Å². The molecular formula is C30H32NO+. The maximum atomic E-state index is 6.58. The molecule has 32 heavy (non-hydrogen) atoms. The molecule has 0 atom stereocenters. The predicted molar refractivity (Wildman–Crippen MR) is 135 cm³/mol. The van der Waals surface area contributed by atoms with Crippen LogP contribution >= 0.6 is 0 Å². The lowest BCUT2D eigenvalue weighted by Crippen LogP contribution is -2.30. The first-order valence-corrected chi connectivity index (χ1v) is 11.5. The normalized spacial score (nSPS) is 12.5. The second kappa shape index (κ2) is 7.20. The summed E-state index contributed by atoms with van der Waals surface area (Å²) < 4.78 is 8.79. The van der Waals surface area contributed by atoms with Crippen molar-refractivity contribution in [3.8, 4) is 11.3 Å². The summed E-state index contributed by atoms with van der Waals surface area (Å²) in [6, 6.07) is 20.0. The van der Waals surface area contributed by atoms with Gasteiger partial charge in [-0.3, -0.25) is 0 Å². The van der Waals surface area contributed by atoms with Crippen LogP contribution in [0, 0.1) is 6.92 Å². The molecular weight excluding hydrogens is 390 g/mol. The van der Waals surface area contributed by atoms with Gasteiger partial charge in [0.2, 0.25) is 5.58 Å². The second-order valence-corrected chi connectivity index (χ2v) is 10.4. The van der Waals surface area contributed by atoms with Crippen LogP contribution in [-0.2, 0) is 12.5 Å². The molecule has 0 N–H and O–H groups in total. The van der Waals surface area contributed by atoms with E-state index in [4.69, 9.17) is 4.42 Å². The van der Waals surface area contributed by atoms with Crippen LogP contribution in [0.4, 0.5) is 0 Å². The van der Waals surface area contributed by atoms with E-state index < -0.39 is 0 Å². The number of hydrogen-bond acceptors (Lipinski definition) is 1. The van der Waals surface area contributed by atoms with Crippen LogP contribution in [-0.4, -0.2) is 0 Å². The number of aryl methyl sites for hydroxylation is 2. The van der Waals surface area contributed by atoms with Gasteiger partial charge >= 0.3 is 0 Å². The van der Waals surface area contributed by atoms with Crippen LogP contribution in [0.3, 0.4) is 0 Å². The summed E-state index contributed by atoms with van der Waals surface area (Å²) in [5, 5.41) is 5.00. The summed E-state index contributed by atoms with van der Waals surface area (Å²) in [5.74, 6) is 0.472. The molecule has 0 amide bonds. The van der Waals surface area contributed by atoms with Gasteiger partial charge in [-0.15, -0.1) is 0 Å². The van der Waals surface area contributed by atoms with Crippen LogP contribution < -0.4 is 4.57 Å². The zero-order chi connectivity index (χ0) is 22.8. The van der Waals surface area contributed by atoms with Crippen molar-refractivity contribution in [1.29, 1.82) is 0 Å². The Morgan fingerprint density at radius 2 is 1.56 bits per heavy atom. The Morgan fingerprint density at radius 1 is 0.844 bits per heavy atom. The number of rotatable bonds is 2. The number of fused-ring (bicyclic) bond motifs is 4. The molecule has 0 unspecified atom stereocenters. The minimum absolute atomic E-state index is 0.0363. The van der Waals surface area contributed by atoms with Gasteiger partial charge in [0.15, 0.2) is 6.20 Å². The van der Waals surface area contributed by atoms with E-state index in [1.807, 2.05) is 0 Å². The highest BCUT2D eigenvalue weighted by Gasteiger charge is 2.26. The second-order valence-electron chi connectivity index (χ2n) is 10.4. The average Bonchev–Trinajstić information content (AvgIpc) is 3.11. The monoisotopic (exact) mass is 422 g/mol. The number of benzene rings is 3. The summed E-state index contributed by atoms with van der Waals surface area (Å²) in [6.07, 6.45) is 2.16. The highest BCUT2D eigenvalue weighted by molar-refractivity contribution is 6.09. The lowest BCUT2D eigenvalue weighted by Gasteiger charge is -2.23. The first-order chi connectivity index (χ1) is 15.2. The number of aromatic nitrogens is 1. The Balaban J connectivity index is 1.90. The average molecular weight is 423 g/mol. The lowest BCUT2D eigenvalue weighted by atomic mass is 9.80. The molecule has 2 heteroatoms. The van der Waals surface area contributed by atoms with E-state index in [0.717, 1.165) is 16.9 Å². The van der Waals surface area contributed by atoms with Gasteiger partial charge in [-0.2, -0.15) is 4.57 Å². The van der Waals surface area contributed by atoms with Gasteiger partial charge in [0.25, 0.3) is 5.69 Å². The molecule has 2 heterocycles. The molecule has 162 valence electrons. The summed E-state index contributed by atoms with van der Waals surface area (Å²) >= 11 is 0. The standard InChI is InChI=1S/C30H32NO/c1-18(2)20-12-13-23-24-14-15-31(7)28(29(24)32-27(23)16-20)25-17-26(30(4,5)6)22-11-9-8-10-21(22)19(25)3/h8-18H,1-7H3/q+1. The van der Waals surface area contributed by atoms with Crippen molar-refractivity contribution < 1.29 is 8.98 Å². The quantitative estimate of drug-likeness (QED) is 0.264. The minimum atomic E-state index is 0.0363. The Kier molecular flexibility index (Phi) is 4.67. The third kappa shape index (κ3) is 3.12. The third-order valence-electron chi connectivity index (χ3n) is 6.83. The van der Waals surface area contributed by atoms with E-state index in [1.165, 1.54) is 43.8 Å². The van der Waals surface area contributed by atoms with Gasteiger partial charge in [0.05, 0.1) is 5.56 Å². The molecule has 5 rings (SSSR count). The maximum absolute atomic E-state index is 6.58. The summed E-state index contributed by atoms with van der Waals surface area (Å²) in [7, 11) is 2.12. The highest BCUT2D eigenvalue weighted by atomic mass is 16.3. The Bertz CT molecular complexity index is 1500. The van der Waals surface area contributed by atoms with Crippen LogP contribution in [0.1, 0.15) is 57.2 Å². The molecule has 0 radical (unpaired) electrons. The molecule has 5 aromatic rings. The Labute approximate surface area is 190 Å². The Hall–Kier alpha value is -3.13. The molecule has 0 spiro atoms. The minimum Gasteiger partial charge on any atom is -0.449 e. The van der Waals surface area contributed by atoms with Crippen LogP contribution in [0.2, 0.25) is 0 Å². The molecule has 0 saturated heterocycles. The molecule has 2 nitrogen and oxygen atoms in total. The molecule has 2 aromatic heterocycles. The first-order valence-electron chi connectivity index (χ1n) is 11.5. The van der Waals surface area contributed by atoms with Crippen LogP contribution in [0.25, 0.3) is 44.0 Å². The SMILES string of the molecule is Cc1c(-c2c3oc4cc(C(C)C)ccc4c3cc[n+]2C)cc(C(C)(C)C)c2ccccc12. The van der Waals surface area contributed by atoms with Gasteiger partial charge < -0.3 is 4.42 Å². The van der Waals surface area contributed by atoms with Crippen molar-refractivity contribution in [2.45, 2.75) is 52.9 Å². The van der Waals surface area contributed by atoms with E-state index >= 15 is 0 Å². The molecule has 0 fully saturated rings. The smallest absolute Gasteiger partial charge is 0.256 e. The fourth-order valence-electron chi connectivity index (χ4n) is 4.95. The van der Waals surface area contributed by atoms with Crippen molar-refractivity contribution in [1.82, 2.24) is 0 Å². The van der Waals surface area contributed by atoms with Crippen molar-refractivity contribution in [3.05, 3.63) is 77.5 Å². The van der Waals surface area contributed by atoms with Crippen LogP contribution in [0.5, 0.6) is 0 Å². The molecule has 0 aliphatic carbocycles. The summed E-state index contributed by atoms with van der Waals surface area (Å²) in [4.78, 5) is 0. The molecule has 0 saturated carbocycles. The number of pyridine rings is 1. The number of hydrogen-bond donors (Lipinski definition) is 0. The fourth-order valence-corrected chi connectivity index (χ4v) is 4.95. The molecule has 0 bridgehead atoms. The molecule has 3 aromatic carbocycles. The fraction of sp³-hybridized carbons (Fsp3) is 0.300. The van der Waals surface area contributed by atoms with Crippen molar-refractivity contribution in [3.63, 3.8) is 0 Å². The van der Waals surface area contributed by atoms with E-state index in [-0.39, 0.29) is 5.41 Å². The highest BCUT2D eigenvalue weighted by Crippen LogP contribution is 2.40. The lowest BCUT2D eigenvalue weighted by molar-refractivity contribution is -0.659. The molecule has 0 aliphatic rings. The topological polar surface area (TPSA) is 17.0 Å². The first kappa shape index (κ1) is 20.8. The van der Waals surface area contributed by atoms with Crippen molar-refractivity contribution >= 4 is 32.7 Å². The zero-order valence-electron chi connectivity index (χ0n) is 20.2. The largest absolute Gasteiger partial charge is 0.449 e. The predicted octanol–water partition coefficient (Wildman–Crippen LogP) is 7.96. The van der Waals surface area contributed by atoms with E-state index in [1.54, 1.807) is 0 Å². The van der Waals surface area contributed by atoms with Gasteiger partial charge in [0.1, 0.15) is 12.6 Å². The molecule has 0 aliphatic heterocycles. The van der Waals surface area contributed by atoms with E-state index in [0.29, 0.717) is 5.92 Å². The Morgan fingerprint density at radius 3 is 2.25 bits per heavy atom. The van der Waals surface area contributed by atoms with Crippen LogP contribution in [0.15, 0.2) is 65.2 Å². The van der Waals surface area contributed by atoms with E-state index in [9.17, 15) is 0 Å². The van der Waals surface area contributed by atoms with Crippen molar-refractivity contribution in [2.24, 2.45) is 7.05 Å².